The van der Waals surface area contributed by atoms with Gasteiger partial charge in [0.25, 0.3) is 0 Å². The summed E-state index contributed by atoms with van der Waals surface area (Å²) in [6, 6.07) is 10.7. The maximum atomic E-state index is 13.1. The van der Waals surface area contributed by atoms with Gasteiger partial charge in [0.2, 0.25) is 0 Å². The second kappa shape index (κ2) is 8.36. The normalized spacial score (nSPS) is 13.0. The summed E-state index contributed by atoms with van der Waals surface area (Å²) >= 11 is 0. The second-order valence-corrected chi connectivity index (χ2v) is 5.55. The van der Waals surface area contributed by atoms with Gasteiger partial charge in [0.05, 0.1) is 6.04 Å². The molecule has 1 unspecified atom stereocenters. The third kappa shape index (κ3) is 5.43. The predicted molar refractivity (Wildman–Crippen MR) is 91.1 cm³/mol. The molecule has 0 aliphatic carbocycles. The van der Waals surface area contributed by atoms with Gasteiger partial charge < -0.3 is 15.1 Å². The minimum absolute atomic E-state index is 0.0399. The average Bonchev–Trinajstić information content (AvgIpc) is 2.97. The molecule has 0 saturated heterocycles. The minimum Gasteiger partial charge on any atom is -0.464 e. The molecule has 1 atom stereocenters. The van der Waals surface area contributed by atoms with Gasteiger partial charge >= 0.3 is 0 Å². The van der Waals surface area contributed by atoms with Crippen molar-refractivity contribution in [1.82, 2.24) is 10.6 Å². The van der Waals surface area contributed by atoms with E-state index >= 15 is 0 Å². The number of benzene rings is 1. The molecular weight excluding hydrogens is 293 g/mol. The van der Waals surface area contributed by atoms with Gasteiger partial charge in [-0.15, -0.1) is 0 Å². The van der Waals surface area contributed by atoms with Crippen LogP contribution < -0.4 is 10.6 Å². The molecule has 0 fully saturated rings. The van der Waals surface area contributed by atoms with Gasteiger partial charge in [0.1, 0.15) is 17.3 Å². The Bertz CT molecular complexity index is 651. The number of halogens is 1. The molecule has 5 heteroatoms. The molecule has 0 aliphatic rings. The third-order valence-corrected chi connectivity index (χ3v) is 3.59. The number of hydrogen-bond donors (Lipinski definition) is 2. The van der Waals surface area contributed by atoms with Crippen molar-refractivity contribution in [3.63, 3.8) is 0 Å². The first-order valence-electron chi connectivity index (χ1n) is 7.86. The molecule has 0 saturated carbocycles. The van der Waals surface area contributed by atoms with Gasteiger partial charge in [0.15, 0.2) is 5.96 Å². The van der Waals surface area contributed by atoms with E-state index in [1.807, 2.05) is 32.0 Å². The summed E-state index contributed by atoms with van der Waals surface area (Å²) in [7, 11) is 1.74. The summed E-state index contributed by atoms with van der Waals surface area (Å²) in [5.41, 5.74) is 1.01. The zero-order valence-electron chi connectivity index (χ0n) is 13.9. The number of nitrogens with zero attached hydrogens (tertiary/aromatic N) is 1. The highest BCUT2D eigenvalue weighted by Crippen LogP contribution is 2.15. The van der Waals surface area contributed by atoms with Crippen molar-refractivity contribution < 1.29 is 8.81 Å². The fraction of sp³-hybridized carbons (Fsp3) is 0.389. The van der Waals surface area contributed by atoms with Crippen LogP contribution in [-0.2, 0) is 6.42 Å². The van der Waals surface area contributed by atoms with Crippen LogP contribution in [0, 0.1) is 12.7 Å². The standard InChI is InChI=1S/C18H24FN3O/c1-13-9-10-17(23-13)14(2)22-18(20-3)21-11-5-7-15-6-4-8-16(19)12-15/h4,6,8-10,12,14H,5,7,11H2,1-3H3,(H2,20,21,22). The maximum absolute atomic E-state index is 13.1. The molecule has 2 rings (SSSR count). The van der Waals surface area contributed by atoms with Crippen molar-refractivity contribution in [2.45, 2.75) is 32.7 Å². The first kappa shape index (κ1) is 17.1. The Labute approximate surface area is 136 Å². The molecule has 0 radical (unpaired) electrons. The number of nitrogens with one attached hydrogen (secondary N) is 2. The summed E-state index contributed by atoms with van der Waals surface area (Å²) in [4.78, 5) is 4.21. The molecular formula is C18H24FN3O. The highest BCUT2D eigenvalue weighted by molar-refractivity contribution is 5.79. The van der Waals surface area contributed by atoms with E-state index < -0.39 is 0 Å². The minimum atomic E-state index is -0.185. The molecule has 0 bridgehead atoms. The predicted octanol–water partition coefficient (Wildman–Crippen LogP) is 3.59. The quantitative estimate of drug-likeness (QED) is 0.486. The van der Waals surface area contributed by atoms with E-state index in [-0.39, 0.29) is 11.9 Å². The lowest BCUT2D eigenvalue weighted by Crippen LogP contribution is -2.39. The average molecular weight is 317 g/mol. The van der Waals surface area contributed by atoms with E-state index in [0.717, 1.165) is 42.4 Å². The van der Waals surface area contributed by atoms with Gasteiger partial charge in [0, 0.05) is 13.6 Å². The molecule has 4 nitrogen and oxygen atoms in total. The molecule has 2 aromatic rings. The first-order chi connectivity index (χ1) is 11.1. The van der Waals surface area contributed by atoms with Crippen molar-refractivity contribution in [3.8, 4) is 0 Å². The van der Waals surface area contributed by atoms with Crippen LogP contribution in [-0.4, -0.2) is 19.6 Å². The first-order valence-corrected chi connectivity index (χ1v) is 7.86. The van der Waals surface area contributed by atoms with Crippen molar-refractivity contribution >= 4 is 5.96 Å². The van der Waals surface area contributed by atoms with Gasteiger partial charge in [-0.25, -0.2) is 4.39 Å². The lowest BCUT2D eigenvalue weighted by molar-refractivity contribution is 0.441. The summed E-state index contributed by atoms with van der Waals surface area (Å²) in [6.45, 7) is 4.72. The zero-order valence-corrected chi connectivity index (χ0v) is 13.9. The molecule has 0 aliphatic heterocycles. The molecule has 23 heavy (non-hydrogen) atoms. The van der Waals surface area contributed by atoms with E-state index in [1.165, 1.54) is 6.07 Å². The topological polar surface area (TPSA) is 49.6 Å². The van der Waals surface area contributed by atoms with E-state index in [0.29, 0.717) is 0 Å². The Hall–Kier alpha value is -2.30. The molecule has 0 spiro atoms. The Kier molecular flexibility index (Phi) is 6.20. The number of hydrogen-bond acceptors (Lipinski definition) is 2. The Morgan fingerprint density at radius 3 is 2.78 bits per heavy atom. The Balaban J connectivity index is 1.75. The number of furan rings is 1. The molecule has 124 valence electrons. The van der Waals surface area contributed by atoms with Crippen LogP contribution in [0.1, 0.15) is 36.5 Å². The number of rotatable bonds is 6. The van der Waals surface area contributed by atoms with Gasteiger partial charge in [-0.3, -0.25) is 4.99 Å². The van der Waals surface area contributed by atoms with Crippen LogP contribution in [0.15, 0.2) is 45.8 Å². The van der Waals surface area contributed by atoms with Crippen molar-refractivity contribution in [1.29, 1.82) is 0 Å². The molecule has 1 heterocycles. The van der Waals surface area contributed by atoms with Crippen LogP contribution in [0.2, 0.25) is 0 Å². The van der Waals surface area contributed by atoms with Crippen LogP contribution in [0.25, 0.3) is 0 Å². The highest BCUT2D eigenvalue weighted by Gasteiger charge is 2.10. The molecule has 1 aromatic heterocycles. The summed E-state index contributed by atoms with van der Waals surface area (Å²) in [5, 5.41) is 6.55. The SMILES string of the molecule is CN=C(NCCCc1cccc(F)c1)NC(C)c1ccc(C)o1. The summed E-state index contributed by atoms with van der Waals surface area (Å²) in [6.07, 6.45) is 1.73. The second-order valence-electron chi connectivity index (χ2n) is 5.55. The number of aryl methyl sites for hydroxylation is 2. The fourth-order valence-electron chi connectivity index (χ4n) is 2.35. The maximum Gasteiger partial charge on any atom is 0.191 e. The van der Waals surface area contributed by atoms with Crippen LogP contribution >= 0.6 is 0 Å². The van der Waals surface area contributed by atoms with E-state index in [4.69, 9.17) is 4.42 Å². The number of aliphatic imine (C=N–C) groups is 1. The Morgan fingerprint density at radius 2 is 2.13 bits per heavy atom. The van der Waals surface area contributed by atoms with E-state index in [2.05, 4.69) is 15.6 Å². The highest BCUT2D eigenvalue weighted by atomic mass is 19.1. The Morgan fingerprint density at radius 1 is 1.30 bits per heavy atom. The van der Waals surface area contributed by atoms with Gasteiger partial charge in [-0.05, 0) is 56.5 Å². The lowest BCUT2D eigenvalue weighted by atomic mass is 10.1. The van der Waals surface area contributed by atoms with Crippen LogP contribution in [0.4, 0.5) is 4.39 Å². The lowest BCUT2D eigenvalue weighted by Gasteiger charge is -2.16. The molecule has 2 N–H and O–H groups in total. The third-order valence-electron chi connectivity index (χ3n) is 3.59. The zero-order chi connectivity index (χ0) is 16.7. The van der Waals surface area contributed by atoms with Gasteiger partial charge in [-0.1, -0.05) is 12.1 Å². The van der Waals surface area contributed by atoms with Crippen molar-refractivity contribution in [2.24, 2.45) is 4.99 Å². The largest absolute Gasteiger partial charge is 0.464 e. The molecule has 1 aromatic carbocycles. The van der Waals surface area contributed by atoms with E-state index in [9.17, 15) is 4.39 Å². The van der Waals surface area contributed by atoms with E-state index in [1.54, 1.807) is 19.2 Å². The van der Waals surface area contributed by atoms with Crippen LogP contribution in [0.5, 0.6) is 0 Å². The fourth-order valence-corrected chi connectivity index (χ4v) is 2.35. The van der Waals surface area contributed by atoms with Crippen LogP contribution in [0.3, 0.4) is 0 Å². The smallest absolute Gasteiger partial charge is 0.191 e. The summed E-state index contributed by atoms with van der Waals surface area (Å²) in [5.74, 6) is 2.32. The summed E-state index contributed by atoms with van der Waals surface area (Å²) < 4.78 is 18.7. The van der Waals surface area contributed by atoms with Gasteiger partial charge in [-0.2, -0.15) is 0 Å². The van der Waals surface area contributed by atoms with Crippen molar-refractivity contribution in [2.75, 3.05) is 13.6 Å². The number of guanidine groups is 1. The molecule has 0 amide bonds. The van der Waals surface area contributed by atoms with Crippen molar-refractivity contribution in [3.05, 3.63) is 59.3 Å². The monoisotopic (exact) mass is 317 g/mol.